The van der Waals surface area contributed by atoms with Crippen LogP contribution in [0, 0.1) is 10.1 Å². The number of hydrogen-bond donors (Lipinski definition) is 0. The Kier molecular flexibility index (Phi) is 6.85. The summed E-state index contributed by atoms with van der Waals surface area (Å²) in [6.45, 7) is 3.71. The van der Waals surface area contributed by atoms with E-state index in [0.717, 1.165) is 16.3 Å². The van der Waals surface area contributed by atoms with Crippen LogP contribution < -0.4 is 5.19 Å². The number of carbonyl (C=O) groups excluding carboxylic acids is 1. The number of hydrogen-bond acceptors (Lipinski definition) is 3. The molecule has 30 heavy (non-hydrogen) atoms. The van der Waals surface area contributed by atoms with Crippen LogP contribution in [0.15, 0.2) is 84.9 Å². The molecule has 0 amide bonds. The Labute approximate surface area is 182 Å². The fraction of sp³-hybridized carbons (Fsp3) is 0.208. The Morgan fingerprint density at radius 2 is 1.43 bits per heavy atom. The van der Waals surface area contributed by atoms with Gasteiger partial charge in [0.2, 0.25) is 6.54 Å². The van der Waals surface area contributed by atoms with E-state index in [9.17, 15) is 14.9 Å². The molecule has 0 aliphatic rings. The van der Waals surface area contributed by atoms with Crippen molar-refractivity contribution in [1.82, 2.24) is 0 Å². The topological polar surface area (TPSA) is 60.2 Å². The van der Waals surface area contributed by atoms with Gasteiger partial charge in [-0.1, -0.05) is 103 Å². The molecule has 0 unspecified atom stereocenters. The number of benzene rings is 3. The average Bonchev–Trinajstić information content (AvgIpc) is 2.75. The zero-order chi connectivity index (χ0) is 21.7. The Morgan fingerprint density at radius 1 is 0.900 bits per heavy atom. The Bertz CT molecular complexity index is 1010. The lowest BCUT2D eigenvalue weighted by molar-refractivity contribution is -0.483. The molecule has 3 aromatic rings. The third kappa shape index (κ3) is 4.86. The van der Waals surface area contributed by atoms with E-state index in [1.165, 1.54) is 0 Å². The molecule has 0 aliphatic heterocycles. The molecule has 0 saturated carbocycles. The lowest BCUT2D eigenvalue weighted by Crippen LogP contribution is -2.53. The fourth-order valence-electron chi connectivity index (χ4n) is 3.89. The molecule has 3 aromatic carbocycles. The van der Waals surface area contributed by atoms with Gasteiger partial charge in [-0.2, -0.15) is 0 Å². The van der Waals surface area contributed by atoms with Crippen molar-refractivity contribution in [2.45, 2.75) is 24.9 Å². The standard InChI is InChI=1S/C24H24ClNO3Si/c1-30(2,21-11-7-4-8-12-21)24(27)23(19-9-5-3-6-10-19)22(17-26(28)29)18-13-15-20(25)16-14-18/h3-16,22-23H,17H2,1-2H3/t22-,23+/m0/s1. The van der Waals surface area contributed by atoms with Crippen LogP contribution in [0.25, 0.3) is 0 Å². The van der Waals surface area contributed by atoms with E-state index in [-0.39, 0.29) is 16.9 Å². The number of rotatable bonds is 8. The van der Waals surface area contributed by atoms with Crippen LogP contribution in [-0.2, 0) is 4.79 Å². The normalized spacial score (nSPS) is 13.4. The van der Waals surface area contributed by atoms with Crippen molar-refractivity contribution in [3.05, 3.63) is 111 Å². The molecule has 3 rings (SSSR count). The third-order valence-corrected chi connectivity index (χ3v) is 9.17. The molecule has 4 nitrogen and oxygen atoms in total. The summed E-state index contributed by atoms with van der Waals surface area (Å²) in [7, 11) is -2.57. The minimum absolute atomic E-state index is 0.0849. The molecule has 0 spiro atoms. The van der Waals surface area contributed by atoms with Gasteiger partial charge in [-0.25, -0.2) is 0 Å². The van der Waals surface area contributed by atoms with Crippen LogP contribution in [0.5, 0.6) is 0 Å². The molecule has 2 atom stereocenters. The third-order valence-electron chi connectivity index (χ3n) is 5.60. The highest BCUT2D eigenvalue weighted by molar-refractivity contribution is 7.13. The molecule has 0 bridgehead atoms. The Morgan fingerprint density at radius 3 is 1.97 bits per heavy atom. The maximum Gasteiger partial charge on any atom is 0.211 e. The van der Waals surface area contributed by atoms with Crippen molar-refractivity contribution >= 4 is 30.3 Å². The lowest BCUT2D eigenvalue weighted by atomic mass is 9.82. The zero-order valence-electron chi connectivity index (χ0n) is 17.0. The molecule has 0 heterocycles. The molecule has 154 valence electrons. The largest absolute Gasteiger partial charge is 0.304 e. The molecule has 6 heteroatoms. The monoisotopic (exact) mass is 437 g/mol. The maximum absolute atomic E-state index is 14.0. The van der Waals surface area contributed by atoms with Gasteiger partial charge >= 0.3 is 0 Å². The first-order valence-electron chi connectivity index (χ1n) is 9.82. The van der Waals surface area contributed by atoms with Crippen LogP contribution in [0.1, 0.15) is 23.0 Å². The minimum atomic E-state index is -2.57. The van der Waals surface area contributed by atoms with E-state index in [4.69, 9.17) is 11.6 Å². The van der Waals surface area contributed by atoms with Gasteiger partial charge < -0.3 is 4.79 Å². The molecular weight excluding hydrogens is 414 g/mol. The van der Waals surface area contributed by atoms with Crippen LogP contribution in [0.4, 0.5) is 0 Å². The molecular formula is C24H24ClNO3Si. The second-order valence-corrected chi connectivity index (χ2v) is 12.7. The number of nitrogens with zero attached hydrogens (tertiary/aromatic N) is 1. The van der Waals surface area contributed by atoms with Gasteiger partial charge in [0.15, 0.2) is 8.07 Å². The van der Waals surface area contributed by atoms with Gasteiger partial charge in [-0.15, -0.1) is 0 Å². The summed E-state index contributed by atoms with van der Waals surface area (Å²) in [5.74, 6) is -1.19. The van der Waals surface area contributed by atoms with E-state index in [0.29, 0.717) is 5.02 Å². The Hall–Kier alpha value is -2.76. The molecule has 0 aromatic heterocycles. The quantitative estimate of drug-likeness (QED) is 0.276. The van der Waals surface area contributed by atoms with E-state index in [1.807, 2.05) is 73.8 Å². The summed E-state index contributed by atoms with van der Waals surface area (Å²) in [5, 5.41) is 13.3. The SMILES string of the molecule is C[Si](C)(C(=O)[C@H](c1ccccc1)[C@@H](C[N+](=O)[O-])c1ccc(Cl)cc1)c1ccccc1. The first-order chi connectivity index (χ1) is 14.3. The second-order valence-electron chi connectivity index (χ2n) is 7.92. The van der Waals surface area contributed by atoms with Crippen molar-refractivity contribution in [1.29, 1.82) is 0 Å². The number of halogens is 1. The molecule has 0 fully saturated rings. The number of nitro groups is 1. The molecule has 0 N–H and O–H groups in total. The average molecular weight is 438 g/mol. The van der Waals surface area contributed by atoms with Gasteiger partial charge in [0.05, 0.1) is 11.8 Å². The van der Waals surface area contributed by atoms with Crippen molar-refractivity contribution in [3.63, 3.8) is 0 Å². The van der Waals surface area contributed by atoms with E-state index >= 15 is 0 Å². The predicted octanol–water partition coefficient (Wildman–Crippen LogP) is 5.21. The predicted molar refractivity (Wildman–Crippen MR) is 124 cm³/mol. The van der Waals surface area contributed by atoms with Crippen molar-refractivity contribution in [3.8, 4) is 0 Å². The van der Waals surface area contributed by atoms with Crippen molar-refractivity contribution in [2.24, 2.45) is 0 Å². The zero-order valence-corrected chi connectivity index (χ0v) is 18.8. The van der Waals surface area contributed by atoms with Crippen LogP contribution in [-0.4, -0.2) is 24.9 Å². The smallest absolute Gasteiger partial charge is 0.211 e. The van der Waals surface area contributed by atoms with Gasteiger partial charge in [0.25, 0.3) is 0 Å². The molecule has 0 saturated heterocycles. The van der Waals surface area contributed by atoms with Crippen molar-refractivity contribution < 1.29 is 9.72 Å². The summed E-state index contributed by atoms with van der Waals surface area (Å²) < 4.78 is 0. The van der Waals surface area contributed by atoms with Crippen LogP contribution in [0.2, 0.25) is 18.1 Å². The first-order valence-corrected chi connectivity index (χ1v) is 13.2. The summed E-state index contributed by atoms with van der Waals surface area (Å²) in [4.78, 5) is 25.3. The van der Waals surface area contributed by atoms with Crippen LogP contribution in [0.3, 0.4) is 0 Å². The lowest BCUT2D eigenvalue weighted by Gasteiger charge is -2.31. The summed E-state index contributed by atoms with van der Waals surface area (Å²) in [6, 6.07) is 26.2. The van der Waals surface area contributed by atoms with Gasteiger partial charge in [-0.3, -0.25) is 10.1 Å². The van der Waals surface area contributed by atoms with Crippen molar-refractivity contribution in [2.75, 3.05) is 6.54 Å². The van der Waals surface area contributed by atoms with E-state index < -0.39 is 19.9 Å². The second kappa shape index (κ2) is 9.37. The van der Waals surface area contributed by atoms with E-state index in [2.05, 4.69) is 0 Å². The van der Waals surface area contributed by atoms with Gasteiger partial charge in [-0.05, 0) is 23.3 Å². The highest BCUT2D eigenvalue weighted by Gasteiger charge is 2.43. The summed E-state index contributed by atoms with van der Waals surface area (Å²) in [6.07, 6.45) is 0. The van der Waals surface area contributed by atoms with Crippen LogP contribution >= 0.6 is 11.6 Å². The highest BCUT2D eigenvalue weighted by atomic mass is 35.5. The summed E-state index contributed by atoms with van der Waals surface area (Å²) >= 11 is 6.04. The highest BCUT2D eigenvalue weighted by Crippen LogP contribution is 2.37. The fourth-order valence-corrected chi connectivity index (χ4v) is 6.47. The summed E-state index contributed by atoms with van der Waals surface area (Å²) in [5.41, 5.74) is 1.55. The van der Waals surface area contributed by atoms with Gasteiger partial charge in [0, 0.05) is 9.95 Å². The minimum Gasteiger partial charge on any atom is -0.304 e. The molecule has 0 radical (unpaired) electrons. The van der Waals surface area contributed by atoms with Gasteiger partial charge in [0.1, 0.15) is 5.41 Å². The maximum atomic E-state index is 14.0. The van der Waals surface area contributed by atoms with E-state index in [1.54, 1.807) is 24.3 Å². The molecule has 0 aliphatic carbocycles. The first kappa shape index (κ1) is 21.9. The Balaban J connectivity index is 2.14. The number of carbonyl (C=O) groups is 1.